The van der Waals surface area contributed by atoms with E-state index < -0.39 is 0 Å². The van der Waals surface area contributed by atoms with Gasteiger partial charge in [0.2, 0.25) is 12.7 Å². The molecule has 1 aromatic heterocycles. The molecule has 0 N–H and O–H groups in total. The van der Waals surface area contributed by atoms with Gasteiger partial charge in [-0.15, -0.1) is 0 Å². The van der Waals surface area contributed by atoms with Gasteiger partial charge in [0, 0.05) is 30.4 Å². The average molecular weight is 394 g/mol. The van der Waals surface area contributed by atoms with Gasteiger partial charge in [0.1, 0.15) is 5.15 Å². The minimum Gasteiger partial charge on any atom is -0.454 e. The zero-order valence-electron chi connectivity index (χ0n) is 15.1. The number of rotatable bonds is 2. The summed E-state index contributed by atoms with van der Waals surface area (Å²) in [6.45, 7) is 1.70. The van der Waals surface area contributed by atoms with Crippen molar-refractivity contribution in [2.24, 2.45) is 5.10 Å². The zero-order chi connectivity index (χ0) is 19.3. The molecule has 1 amide bonds. The van der Waals surface area contributed by atoms with Crippen LogP contribution in [-0.2, 0) is 4.79 Å². The van der Waals surface area contributed by atoms with E-state index >= 15 is 0 Å². The number of halogens is 1. The molecule has 0 saturated carbocycles. The lowest BCUT2D eigenvalue weighted by molar-refractivity contribution is -0.130. The highest BCUT2D eigenvalue weighted by atomic mass is 35.5. The van der Waals surface area contributed by atoms with Crippen molar-refractivity contribution >= 4 is 34.1 Å². The first-order valence-corrected chi connectivity index (χ1v) is 9.30. The number of nitrogens with zero attached hydrogens (tertiary/aromatic N) is 3. The molecule has 1 atom stereocenters. The molecular formula is C21H16ClN3O3. The van der Waals surface area contributed by atoms with Crippen molar-refractivity contribution in [2.75, 3.05) is 6.79 Å². The monoisotopic (exact) mass is 393 g/mol. The maximum atomic E-state index is 12.3. The van der Waals surface area contributed by atoms with Gasteiger partial charge in [0.05, 0.1) is 17.3 Å². The number of hydrogen-bond acceptors (Lipinski definition) is 5. The van der Waals surface area contributed by atoms with Gasteiger partial charge in [-0.1, -0.05) is 41.9 Å². The van der Waals surface area contributed by atoms with Gasteiger partial charge in [-0.05, 0) is 17.7 Å². The fourth-order valence-corrected chi connectivity index (χ4v) is 3.91. The predicted molar refractivity (Wildman–Crippen MR) is 106 cm³/mol. The summed E-state index contributed by atoms with van der Waals surface area (Å²) in [4.78, 5) is 16.8. The van der Waals surface area contributed by atoms with Crippen molar-refractivity contribution in [3.8, 4) is 11.5 Å². The van der Waals surface area contributed by atoms with Crippen molar-refractivity contribution in [1.29, 1.82) is 0 Å². The standard InChI is InChI=1S/C21H16ClN3O3/c1-12(26)25-18(9-17(24-25)13-5-3-2-4-6-13)15-7-14-8-19-20(28-11-27-19)10-16(14)23-21(15)22/h2-8,10,18H,9,11H2,1H3. The van der Waals surface area contributed by atoms with Gasteiger partial charge in [-0.3, -0.25) is 4.79 Å². The van der Waals surface area contributed by atoms with Crippen LogP contribution in [0.1, 0.15) is 30.5 Å². The smallest absolute Gasteiger partial charge is 0.240 e. The van der Waals surface area contributed by atoms with Crippen molar-refractivity contribution in [3.05, 3.63) is 64.8 Å². The maximum absolute atomic E-state index is 12.3. The second kappa shape index (κ2) is 6.49. The van der Waals surface area contributed by atoms with Crippen LogP contribution >= 0.6 is 11.6 Å². The average Bonchev–Trinajstić information content (AvgIpc) is 3.33. The molecule has 0 aliphatic carbocycles. The van der Waals surface area contributed by atoms with E-state index in [0.717, 1.165) is 27.7 Å². The van der Waals surface area contributed by atoms with E-state index in [2.05, 4.69) is 10.1 Å². The summed E-state index contributed by atoms with van der Waals surface area (Å²) in [5.74, 6) is 1.20. The van der Waals surface area contributed by atoms with E-state index in [1.54, 1.807) is 0 Å². The number of aromatic nitrogens is 1. The van der Waals surface area contributed by atoms with E-state index in [1.807, 2.05) is 48.5 Å². The molecule has 0 fully saturated rings. The molecule has 3 aromatic rings. The van der Waals surface area contributed by atoms with Crippen molar-refractivity contribution in [2.45, 2.75) is 19.4 Å². The molecule has 1 unspecified atom stereocenters. The van der Waals surface area contributed by atoms with Crippen molar-refractivity contribution in [1.82, 2.24) is 9.99 Å². The molecule has 0 saturated heterocycles. The maximum Gasteiger partial charge on any atom is 0.240 e. The van der Waals surface area contributed by atoms with E-state index in [9.17, 15) is 4.79 Å². The Balaban J connectivity index is 1.58. The number of hydrazone groups is 1. The molecule has 2 aliphatic heterocycles. The predicted octanol–water partition coefficient (Wildman–Crippen LogP) is 4.31. The first-order chi connectivity index (χ1) is 13.6. The lowest BCUT2D eigenvalue weighted by Gasteiger charge is -2.21. The summed E-state index contributed by atoms with van der Waals surface area (Å²) < 4.78 is 10.9. The first kappa shape index (κ1) is 17.0. The van der Waals surface area contributed by atoms with Gasteiger partial charge in [-0.25, -0.2) is 9.99 Å². The van der Waals surface area contributed by atoms with Gasteiger partial charge in [0.15, 0.2) is 11.5 Å². The highest BCUT2D eigenvalue weighted by Gasteiger charge is 2.33. The minimum absolute atomic E-state index is 0.141. The molecule has 6 nitrogen and oxygen atoms in total. The fraction of sp³-hybridized carbons (Fsp3) is 0.190. The largest absolute Gasteiger partial charge is 0.454 e. The van der Waals surface area contributed by atoms with E-state index in [4.69, 9.17) is 21.1 Å². The summed E-state index contributed by atoms with van der Waals surface area (Å²) in [5.41, 5.74) is 3.32. The Labute approximate surface area is 166 Å². The molecule has 0 spiro atoms. The Morgan fingerprint density at radius 1 is 1.14 bits per heavy atom. The Kier molecular flexibility index (Phi) is 3.94. The van der Waals surface area contributed by atoms with Crippen molar-refractivity contribution in [3.63, 3.8) is 0 Å². The molecule has 5 rings (SSSR count). The molecular weight excluding hydrogens is 378 g/mol. The van der Waals surface area contributed by atoms with Gasteiger partial charge >= 0.3 is 0 Å². The van der Waals surface area contributed by atoms with Crippen LogP contribution in [0.25, 0.3) is 10.9 Å². The lowest BCUT2D eigenvalue weighted by atomic mass is 9.98. The first-order valence-electron chi connectivity index (χ1n) is 8.92. The fourth-order valence-electron chi connectivity index (χ4n) is 3.64. The van der Waals surface area contributed by atoms with Gasteiger partial charge < -0.3 is 9.47 Å². The van der Waals surface area contributed by atoms with Crippen LogP contribution in [0.15, 0.2) is 53.6 Å². The van der Waals surface area contributed by atoms with Crippen LogP contribution in [0.5, 0.6) is 11.5 Å². The Morgan fingerprint density at radius 2 is 1.89 bits per heavy atom. The number of fused-ring (bicyclic) bond motifs is 2. The molecule has 28 heavy (non-hydrogen) atoms. The van der Waals surface area contributed by atoms with Crippen LogP contribution in [0.3, 0.4) is 0 Å². The molecule has 0 bridgehead atoms. The van der Waals surface area contributed by atoms with Gasteiger partial charge in [-0.2, -0.15) is 5.10 Å². The van der Waals surface area contributed by atoms with E-state index in [1.165, 1.54) is 11.9 Å². The summed E-state index contributed by atoms with van der Waals surface area (Å²) in [6, 6.07) is 15.2. The highest BCUT2D eigenvalue weighted by molar-refractivity contribution is 6.30. The number of hydrogen-bond donors (Lipinski definition) is 0. The molecule has 2 aromatic carbocycles. The number of carbonyl (C=O) groups excluding carboxylic acids is 1. The van der Waals surface area contributed by atoms with E-state index in [-0.39, 0.29) is 18.7 Å². The number of ether oxygens (including phenoxy) is 2. The summed E-state index contributed by atoms with van der Waals surface area (Å²) in [5, 5.41) is 7.28. The topological polar surface area (TPSA) is 64.0 Å². The number of benzene rings is 2. The van der Waals surface area contributed by atoms with E-state index in [0.29, 0.717) is 23.1 Å². The third-order valence-corrected chi connectivity index (χ3v) is 5.29. The molecule has 3 heterocycles. The minimum atomic E-state index is -0.303. The quantitative estimate of drug-likeness (QED) is 0.608. The van der Waals surface area contributed by atoms with Crippen LogP contribution in [0, 0.1) is 0 Å². The summed E-state index contributed by atoms with van der Waals surface area (Å²) in [7, 11) is 0. The Morgan fingerprint density at radius 3 is 2.64 bits per heavy atom. The van der Waals surface area contributed by atoms with Gasteiger partial charge in [0.25, 0.3) is 0 Å². The number of carbonyl (C=O) groups is 1. The lowest BCUT2D eigenvalue weighted by Crippen LogP contribution is -2.24. The highest BCUT2D eigenvalue weighted by Crippen LogP contribution is 2.40. The Bertz CT molecular complexity index is 1130. The summed E-state index contributed by atoms with van der Waals surface area (Å²) in [6.07, 6.45) is 0.570. The zero-order valence-corrected chi connectivity index (χ0v) is 15.8. The van der Waals surface area contributed by atoms with Crippen LogP contribution in [0.4, 0.5) is 0 Å². The molecule has 140 valence electrons. The third-order valence-electron chi connectivity index (χ3n) is 4.99. The second-order valence-corrected chi connectivity index (χ2v) is 7.12. The van der Waals surface area contributed by atoms with Crippen LogP contribution < -0.4 is 9.47 Å². The second-order valence-electron chi connectivity index (χ2n) is 6.76. The normalized spacial score (nSPS) is 17.9. The van der Waals surface area contributed by atoms with Crippen molar-refractivity contribution < 1.29 is 14.3 Å². The van der Waals surface area contributed by atoms with Crippen LogP contribution in [0.2, 0.25) is 5.15 Å². The Hall–Kier alpha value is -3.12. The molecule has 7 heteroatoms. The number of amides is 1. The number of pyridine rings is 1. The SMILES string of the molecule is CC(=O)N1N=C(c2ccccc2)CC1c1cc2cc3c(cc2nc1Cl)OCO3. The molecule has 0 radical (unpaired) electrons. The van der Waals surface area contributed by atoms with Crippen LogP contribution in [-0.4, -0.2) is 28.4 Å². The third kappa shape index (κ3) is 2.77. The molecule has 2 aliphatic rings. The summed E-state index contributed by atoms with van der Waals surface area (Å²) >= 11 is 6.53.